The van der Waals surface area contributed by atoms with Crippen LogP contribution in [0.5, 0.6) is 0 Å². The molecule has 0 fully saturated rings. The Morgan fingerprint density at radius 2 is 1.76 bits per heavy atom. The summed E-state index contributed by atoms with van der Waals surface area (Å²) in [7, 11) is 0. The van der Waals surface area contributed by atoms with Gasteiger partial charge in [-0.25, -0.2) is 4.79 Å². The number of fused-ring (bicyclic) bond motifs is 1. The molecule has 0 aliphatic rings. The first-order valence-electron chi connectivity index (χ1n) is 6.71. The van der Waals surface area contributed by atoms with Gasteiger partial charge in [-0.2, -0.15) is 0 Å². The number of aromatic nitrogens is 2. The van der Waals surface area contributed by atoms with Crippen molar-refractivity contribution in [3.8, 4) is 0 Å². The van der Waals surface area contributed by atoms with Crippen LogP contribution in [0.15, 0.2) is 53.3 Å². The number of carbonyl (C=O) groups is 1. The van der Waals surface area contributed by atoms with Gasteiger partial charge < -0.3 is 15.3 Å². The third kappa shape index (κ3) is 2.72. The molecule has 1 aromatic heterocycles. The molecule has 106 valence electrons. The molecule has 3 aromatic rings. The molecule has 21 heavy (non-hydrogen) atoms. The van der Waals surface area contributed by atoms with Gasteiger partial charge in [-0.1, -0.05) is 30.3 Å². The second-order valence-electron chi connectivity index (χ2n) is 4.95. The normalized spacial score (nSPS) is 12.2. The average molecular weight is 281 g/mol. The molecule has 1 heterocycles. The van der Waals surface area contributed by atoms with E-state index >= 15 is 0 Å². The summed E-state index contributed by atoms with van der Waals surface area (Å²) in [5.74, 6) is -0.171. The van der Waals surface area contributed by atoms with E-state index in [9.17, 15) is 9.59 Å². The van der Waals surface area contributed by atoms with Gasteiger partial charge in [-0.3, -0.25) is 4.79 Å². The fourth-order valence-corrected chi connectivity index (χ4v) is 2.28. The number of hydrogen-bond donors (Lipinski definition) is 3. The Morgan fingerprint density at radius 1 is 1.05 bits per heavy atom. The lowest BCUT2D eigenvalue weighted by atomic mass is 10.1. The molecule has 0 spiro atoms. The third-order valence-electron chi connectivity index (χ3n) is 3.43. The van der Waals surface area contributed by atoms with E-state index in [-0.39, 0.29) is 17.6 Å². The summed E-state index contributed by atoms with van der Waals surface area (Å²) < 4.78 is 0. The monoisotopic (exact) mass is 281 g/mol. The third-order valence-corrected chi connectivity index (χ3v) is 3.43. The fourth-order valence-electron chi connectivity index (χ4n) is 2.28. The molecule has 3 rings (SSSR count). The standard InChI is InChI=1S/C16H15N3O2/c1-10(11-5-3-2-4-6-11)17-15(20)12-7-8-13-14(9-12)19-16(21)18-13/h2-10H,1H3,(H,17,20)(H2,18,19,21). The van der Waals surface area contributed by atoms with E-state index in [4.69, 9.17) is 0 Å². The fraction of sp³-hybridized carbons (Fsp3) is 0.125. The van der Waals surface area contributed by atoms with Crippen LogP contribution in [0.3, 0.4) is 0 Å². The summed E-state index contributed by atoms with van der Waals surface area (Å²) in [6, 6.07) is 14.8. The quantitative estimate of drug-likeness (QED) is 0.689. The molecule has 0 saturated carbocycles. The van der Waals surface area contributed by atoms with Crippen molar-refractivity contribution in [2.75, 3.05) is 0 Å². The number of benzene rings is 2. The van der Waals surface area contributed by atoms with E-state index in [1.54, 1.807) is 18.2 Å². The molecular formula is C16H15N3O2. The van der Waals surface area contributed by atoms with Gasteiger partial charge in [-0.05, 0) is 30.7 Å². The molecule has 0 radical (unpaired) electrons. The highest BCUT2D eigenvalue weighted by atomic mass is 16.2. The predicted molar refractivity (Wildman–Crippen MR) is 81.2 cm³/mol. The average Bonchev–Trinajstić information content (AvgIpc) is 2.87. The number of amides is 1. The Bertz CT molecular complexity index is 833. The maximum absolute atomic E-state index is 12.3. The Labute approximate surface area is 121 Å². The van der Waals surface area contributed by atoms with Crippen LogP contribution in [0.25, 0.3) is 11.0 Å². The molecule has 0 saturated heterocycles. The molecular weight excluding hydrogens is 266 g/mol. The summed E-state index contributed by atoms with van der Waals surface area (Å²) in [5.41, 5.74) is 2.59. The van der Waals surface area contributed by atoms with E-state index in [2.05, 4.69) is 15.3 Å². The highest BCUT2D eigenvalue weighted by Gasteiger charge is 2.12. The second kappa shape index (κ2) is 5.28. The number of carbonyl (C=O) groups excluding carboxylic acids is 1. The molecule has 0 aliphatic heterocycles. The minimum absolute atomic E-state index is 0.0836. The van der Waals surface area contributed by atoms with Gasteiger partial charge in [0.1, 0.15) is 0 Å². The minimum atomic E-state index is -0.278. The molecule has 5 heteroatoms. The lowest BCUT2D eigenvalue weighted by Crippen LogP contribution is -2.26. The Balaban J connectivity index is 1.82. The van der Waals surface area contributed by atoms with Crippen molar-refractivity contribution in [1.29, 1.82) is 0 Å². The smallest absolute Gasteiger partial charge is 0.323 e. The van der Waals surface area contributed by atoms with Crippen LogP contribution in [0.2, 0.25) is 0 Å². The Hall–Kier alpha value is -2.82. The largest absolute Gasteiger partial charge is 0.346 e. The molecule has 0 aliphatic carbocycles. The van der Waals surface area contributed by atoms with Gasteiger partial charge in [0.15, 0.2) is 0 Å². The van der Waals surface area contributed by atoms with Crippen molar-refractivity contribution >= 4 is 16.9 Å². The van der Waals surface area contributed by atoms with Crippen molar-refractivity contribution in [2.24, 2.45) is 0 Å². The Kier molecular flexibility index (Phi) is 3.31. The van der Waals surface area contributed by atoms with Crippen molar-refractivity contribution in [3.63, 3.8) is 0 Å². The molecule has 3 N–H and O–H groups in total. The van der Waals surface area contributed by atoms with Crippen molar-refractivity contribution < 1.29 is 4.79 Å². The highest BCUT2D eigenvalue weighted by Crippen LogP contribution is 2.14. The number of hydrogen-bond acceptors (Lipinski definition) is 2. The van der Waals surface area contributed by atoms with Crippen LogP contribution in [0, 0.1) is 0 Å². The van der Waals surface area contributed by atoms with Crippen LogP contribution in [-0.2, 0) is 0 Å². The molecule has 2 aromatic carbocycles. The van der Waals surface area contributed by atoms with Crippen molar-refractivity contribution in [1.82, 2.24) is 15.3 Å². The van der Waals surface area contributed by atoms with Crippen molar-refractivity contribution in [3.05, 3.63) is 70.1 Å². The second-order valence-corrected chi connectivity index (χ2v) is 4.95. The lowest BCUT2D eigenvalue weighted by Gasteiger charge is -2.14. The molecule has 5 nitrogen and oxygen atoms in total. The number of rotatable bonds is 3. The SMILES string of the molecule is CC(NC(=O)c1ccc2[nH]c(=O)[nH]c2c1)c1ccccc1. The summed E-state index contributed by atoms with van der Waals surface area (Å²) in [6.07, 6.45) is 0. The molecule has 0 bridgehead atoms. The molecule has 1 unspecified atom stereocenters. The first-order chi connectivity index (χ1) is 10.1. The number of imidazole rings is 1. The van der Waals surface area contributed by atoms with E-state index < -0.39 is 0 Å². The van der Waals surface area contributed by atoms with Gasteiger partial charge in [0, 0.05) is 5.56 Å². The molecule has 1 amide bonds. The van der Waals surface area contributed by atoms with Crippen LogP contribution in [0.1, 0.15) is 28.9 Å². The van der Waals surface area contributed by atoms with Crippen LogP contribution < -0.4 is 11.0 Å². The molecule has 1 atom stereocenters. The van der Waals surface area contributed by atoms with Crippen LogP contribution in [-0.4, -0.2) is 15.9 Å². The summed E-state index contributed by atoms with van der Waals surface area (Å²) in [6.45, 7) is 1.93. The van der Waals surface area contributed by atoms with Gasteiger partial charge in [0.05, 0.1) is 17.1 Å². The van der Waals surface area contributed by atoms with E-state index in [0.29, 0.717) is 16.6 Å². The van der Waals surface area contributed by atoms with Gasteiger partial charge in [-0.15, -0.1) is 0 Å². The van der Waals surface area contributed by atoms with Crippen molar-refractivity contribution in [2.45, 2.75) is 13.0 Å². The van der Waals surface area contributed by atoms with E-state index in [1.807, 2.05) is 37.3 Å². The zero-order chi connectivity index (χ0) is 14.8. The zero-order valence-electron chi connectivity index (χ0n) is 11.5. The number of H-pyrrole nitrogens is 2. The van der Waals surface area contributed by atoms with Crippen LogP contribution >= 0.6 is 0 Å². The number of nitrogens with one attached hydrogen (secondary N) is 3. The minimum Gasteiger partial charge on any atom is -0.346 e. The first-order valence-corrected chi connectivity index (χ1v) is 6.71. The predicted octanol–water partition coefficient (Wildman–Crippen LogP) is 2.35. The maximum atomic E-state index is 12.3. The summed E-state index contributed by atoms with van der Waals surface area (Å²) in [4.78, 5) is 28.8. The van der Waals surface area contributed by atoms with Gasteiger partial charge in [0.2, 0.25) is 0 Å². The maximum Gasteiger partial charge on any atom is 0.323 e. The first kappa shape index (κ1) is 13.2. The van der Waals surface area contributed by atoms with Crippen LogP contribution in [0.4, 0.5) is 0 Å². The number of aromatic amines is 2. The zero-order valence-corrected chi connectivity index (χ0v) is 11.5. The topological polar surface area (TPSA) is 77.8 Å². The van der Waals surface area contributed by atoms with Gasteiger partial charge >= 0.3 is 5.69 Å². The lowest BCUT2D eigenvalue weighted by molar-refractivity contribution is 0.0940. The summed E-state index contributed by atoms with van der Waals surface area (Å²) in [5, 5.41) is 2.94. The van der Waals surface area contributed by atoms with Gasteiger partial charge in [0.25, 0.3) is 5.91 Å². The van der Waals surface area contributed by atoms with E-state index in [0.717, 1.165) is 5.56 Å². The Morgan fingerprint density at radius 3 is 2.52 bits per heavy atom. The summed E-state index contributed by atoms with van der Waals surface area (Å²) >= 11 is 0. The van der Waals surface area contributed by atoms with E-state index in [1.165, 1.54) is 0 Å². The highest BCUT2D eigenvalue weighted by molar-refractivity contribution is 5.97.